The third-order valence-electron chi connectivity index (χ3n) is 13.7. The summed E-state index contributed by atoms with van der Waals surface area (Å²) in [5.41, 5.74) is 1.72. The lowest BCUT2D eigenvalue weighted by Gasteiger charge is -2.61. The first kappa shape index (κ1) is 32.4. The molecule has 4 heteroatoms. The fraction of sp³-hybridized carbons (Fsp3) is 0.769. The quantitative estimate of drug-likeness (QED) is 0.217. The fourth-order valence-corrected chi connectivity index (χ4v) is 11.2. The molecule has 1 aromatic rings. The number of phenolic OH excluding ortho intramolecular Hbond substituents is 1. The van der Waals surface area contributed by atoms with Crippen LogP contribution >= 0.6 is 0 Å². The Morgan fingerprint density at radius 2 is 1.74 bits per heavy atom. The minimum absolute atomic E-state index is 0.0180. The molecule has 5 rings (SSSR count). The highest BCUT2D eigenvalue weighted by Crippen LogP contribution is 2.68. The van der Waals surface area contributed by atoms with Gasteiger partial charge in [0.25, 0.3) is 0 Å². The van der Waals surface area contributed by atoms with Crippen LogP contribution in [0.5, 0.6) is 11.5 Å². The van der Waals surface area contributed by atoms with Gasteiger partial charge in [0.05, 0.1) is 7.11 Å². The number of esters is 1. The second-order valence-electron chi connectivity index (χ2n) is 16.0. The summed E-state index contributed by atoms with van der Waals surface area (Å²) in [5.74, 6) is 6.95. The molecule has 0 aliphatic heterocycles. The number of benzene rings is 1. The van der Waals surface area contributed by atoms with Crippen molar-refractivity contribution in [2.24, 2.45) is 58.2 Å². The molecule has 0 aromatic heterocycles. The van der Waals surface area contributed by atoms with Crippen LogP contribution in [0.25, 0.3) is 6.08 Å². The van der Waals surface area contributed by atoms with Crippen LogP contribution in [0.15, 0.2) is 24.3 Å². The highest BCUT2D eigenvalue weighted by Gasteiger charge is 2.60. The summed E-state index contributed by atoms with van der Waals surface area (Å²) in [4.78, 5) is 12.8. The summed E-state index contributed by atoms with van der Waals surface area (Å²) in [6, 6.07) is 5.07. The van der Waals surface area contributed by atoms with Crippen LogP contribution in [0.3, 0.4) is 0 Å². The van der Waals surface area contributed by atoms with Gasteiger partial charge in [-0.15, -0.1) is 0 Å². The Kier molecular flexibility index (Phi) is 9.94. The monoisotopic (exact) mass is 592 g/mol. The van der Waals surface area contributed by atoms with Crippen LogP contribution in [0.1, 0.15) is 124 Å². The van der Waals surface area contributed by atoms with Gasteiger partial charge in [-0.05, 0) is 146 Å². The van der Waals surface area contributed by atoms with E-state index in [-0.39, 0.29) is 17.8 Å². The van der Waals surface area contributed by atoms with Crippen molar-refractivity contribution in [1.29, 1.82) is 0 Å². The van der Waals surface area contributed by atoms with Gasteiger partial charge in [-0.25, -0.2) is 4.79 Å². The number of hydrogen-bond donors (Lipinski definition) is 1. The van der Waals surface area contributed by atoms with Gasteiger partial charge >= 0.3 is 5.97 Å². The predicted octanol–water partition coefficient (Wildman–Crippen LogP) is 10.1. The number of rotatable bonds is 10. The third-order valence-corrected chi connectivity index (χ3v) is 13.7. The van der Waals surface area contributed by atoms with Gasteiger partial charge in [0.2, 0.25) is 0 Å². The van der Waals surface area contributed by atoms with Crippen LogP contribution < -0.4 is 4.74 Å². The Balaban J connectivity index is 1.17. The number of phenols is 1. The lowest BCUT2D eigenvalue weighted by atomic mass is 9.44. The standard InChI is InChI=1S/C39H60O4/c1-8-28(25(2)3)12-9-26(4)32-15-16-33-31-14-13-29-24-30(19-21-38(29,5)34(31)20-22-39(32,33)6)43-37(41)18-11-27-10-17-35(40)36(23-27)42-7/h10-11,17-18,23,25-26,28-34,40H,8-9,12-16,19-22,24H2,1-7H3/b18-11+/t26-,28-,29?,30+,31+,32-,33+,34+,38+,39-/m1/s1. The van der Waals surface area contributed by atoms with Crippen molar-refractivity contribution in [3.63, 3.8) is 0 Å². The van der Waals surface area contributed by atoms with E-state index < -0.39 is 0 Å². The van der Waals surface area contributed by atoms with Crippen LogP contribution in [-0.4, -0.2) is 24.3 Å². The van der Waals surface area contributed by atoms with Gasteiger partial charge in [-0.3, -0.25) is 0 Å². The van der Waals surface area contributed by atoms with E-state index in [1.54, 1.807) is 24.3 Å². The lowest BCUT2D eigenvalue weighted by Crippen LogP contribution is -2.54. The van der Waals surface area contributed by atoms with Crippen LogP contribution in [-0.2, 0) is 9.53 Å². The van der Waals surface area contributed by atoms with Crippen molar-refractivity contribution < 1.29 is 19.4 Å². The smallest absolute Gasteiger partial charge is 0.331 e. The summed E-state index contributed by atoms with van der Waals surface area (Å²) in [7, 11) is 1.52. The molecule has 0 bridgehead atoms. The Bertz CT molecular complexity index is 1140. The molecule has 1 aromatic carbocycles. The Hall–Kier alpha value is -1.97. The molecule has 0 heterocycles. The molecule has 4 aliphatic carbocycles. The molecule has 43 heavy (non-hydrogen) atoms. The number of fused-ring (bicyclic) bond motifs is 5. The molecule has 1 N–H and O–H groups in total. The summed E-state index contributed by atoms with van der Waals surface area (Å²) < 4.78 is 11.2. The normalized spacial score (nSPS) is 36.9. The lowest BCUT2D eigenvalue weighted by molar-refractivity contribution is -0.157. The number of ether oxygens (including phenoxy) is 2. The van der Waals surface area contributed by atoms with E-state index in [0.29, 0.717) is 22.5 Å². The topological polar surface area (TPSA) is 55.8 Å². The first-order valence-corrected chi connectivity index (χ1v) is 17.8. The Morgan fingerprint density at radius 3 is 2.47 bits per heavy atom. The van der Waals surface area contributed by atoms with Crippen molar-refractivity contribution in [2.75, 3.05) is 7.11 Å². The number of aromatic hydroxyl groups is 1. The van der Waals surface area contributed by atoms with Crippen molar-refractivity contribution >= 4 is 12.0 Å². The zero-order valence-corrected chi connectivity index (χ0v) is 28.2. The van der Waals surface area contributed by atoms with Gasteiger partial charge in [0, 0.05) is 6.08 Å². The van der Waals surface area contributed by atoms with Crippen LogP contribution in [0.4, 0.5) is 0 Å². The van der Waals surface area contributed by atoms with Crippen molar-refractivity contribution in [3.8, 4) is 11.5 Å². The maximum absolute atomic E-state index is 12.8. The fourth-order valence-electron chi connectivity index (χ4n) is 11.2. The molecule has 4 aliphatic rings. The summed E-state index contributed by atoms with van der Waals surface area (Å²) >= 11 is 0. The minimum Gasteiger partial charge on any atom is -0.504 e. The van der Waals surface area contributed by atoms with E-state index in [1.165, 1.54) is 77.4 Å². The molecule has 10 atom stereocenters. The van der Waals surface area contributed by atoms with Crippen molar-refractivity contribution in [3.05, 3.63) is 29.8 Å². The molecular weight excluding hydrogens is 532 g/mol. The SMILES string of the molecule is CC[C@H](CC[C@@H](C)[C@H]1CC[C@H]2[C@@H]3CCC4C[C@@H](OC(=O)/C=C/c5ccc(O)c(OC)c5)CC[C@]4(C)[C@H]3CC[C@]12C)C(C)C. The molecule has 1 unspecified atom stereocenters. The van der Waals surface area contributed by atoms with Gasteiger partial charge in [0.1, 0.15) is 6.10 Å². The van der Waals surface area contributed by atoms with E-state index in [1.807, 2.05) is 0 Å². The maximum Gasteiger partial charge on any atom is 0.331 e. The van der Waals surface area contributed by atoms with E-state index in [9.17, 15) is 9.90 Å². The highest BCUT2D eigenvalue weighted by molar-refractivity contribution is 5.87. The summed E-state index contributed by atoms with van der Waals surface area (Å²) in [5, 5.41) is 9.83. The second kappa shape index (κ2) is 13.2. The van der Waals surface area contributed by atoms with E-state index in [4.69, 9.17) is 9.47 Å². The summed E-state index contributed by atoms with van der Waals surface area (Å²) in [6.45, 7) is 15.1. The molecule has 240 valence electrons. The molecule has 0 spiro atoms. The van der Waals surface area contributed by atoms with E-state index in [0.717, 1.165) is 59.8 Å². The maximum atomic E-state index is 12.8. The Labute approximate surface area is 262 Å². The number of hydrogen-bond acceptors (Lipinski definition) is 4. The van der Waals surface area contributed by atoms with Crippen molar-refractivity contribution in [2.45, 2.75) is 125 Å². The molecule has 0 radical (unpaired) electrons. The highest BCUT2D eigenvalue weighted by atomic mass is 16.5. The average molecular weight is 593 g/mol. The zero-order chi connectivity index (χ0) is 30.9. The van der Waals surface area contributed by atoms with Crippen LogP contribution in [0.2, 0.25) is 0 Å². The van der Waals surface area contributed by atoms with Crippen molar-refractivity contribution in [1.82, 2.24) is 0 Å². The molecule has 4 nitrogen and oxygen atoms in total. The zero-order valence-electron chi connectivity index (χ0n) is 28.2. The first-order valence-electron chi connectivity index (χ1n) is 17.8. The Morgan fingerprint density at radius 1 is 1.00 bits per heavy atom. The average Bonchev–Trinajstić information content (AvgIpc) is 3.34. The molecule has 0 amide bonds. The number of carbonyl (C=O) groups is 1. The molecule has 4 fully saturated rings. The molecule has 4 saturated carbocycles. The first-order chi connectivity index (χ1) is 20.5. The largest absolute Gasteiger partial charge is 0.504 e. The van der Waals surface area contributed by atoms with E-state index >= 15 is 0 Å². The molecule has 0 saturated heterocycles. The van der Waals surface area contributed by atoms with Gasteiger partial charge in [-0.2, -0.15) is 0 Å². The van der Waals surface area contributed by atoms with Gasteiger partial charge < -0.3 is 14.6 Å². The van der Waals surface area contributed by atoms with Gasteiger partial charge in [-0.1, -0.05) is 60.5 Å². The minimum atomic E-state index is -0.271. The number of methoxy groups -OCH3 is 1. The summed E-state index contributed by atoms with van der Waals surface area (Å²) in [6.07, 6.45) is 19.0. The second-order valence-corrected chi connectivity index (χ2v) is 16.0. The molecular formula is C39H60O4. The van der Waals surface area contributed by atoms with E-state index in [2.05, 4.69) is 41.5 Å². The third kappa shape index (κ3) is 6.41. The number of carbonyl (C=O) groups excluding carboxylic acids is 1. The van der Waals surface area contributed by atoms with Gasteiger partial charge in [0.15, 0.2) is 11.5 Å². The van der Waals surface area contributed by atoms with Crippen LogP contribution in [0, 0.1) is 58.2 Å². The predicted molar refractivity (Wildman–Crippen MR) is 176 cm³/mol.